The van der Waals surface area contributed by atoms with Crippen LogP contribution < -0.4 is 10.1 Å². The number of methoxy groups -OCH3 is 1. The van der Waals surface area contributed by atoms with Gasteiger partial charge in [-0.15, -0.1) is 0 Å². The average Bonchev–Trinajstić information content (AvgIpc) is 2.90. The number of fused-ring (bicyclic) bond motifs is 1. The van der Waals surface area contributed by atoms with Crippen molar-refractivity contribution in [2.45, 2.75) is 32.2 Å². The topological polar surface area (TPSA) is 21.3 Å². The first-order valence-corrected chi connectivity index (χ1v) is 7.21. The van der Waals surface area contributed by atoms with Crippen LogP contribution in [0.25, 0.3) is 0 Å². The molecule has 3 rings (SSSR count). The van der Waals surface area contributed by atoms with Crippen molar-refractivity contribution in [2.24, 2.45) is 0 Å². The quantitative estimate of drug-likeness (QED) is 0.882. The van der Waals surface area contributed by atoms with E-state index in [1.807, 2.05) is 0 Å². The van der Waals surface area contributed by atoms with Crippen LogP contribution in [0.3, 0.4) is 0 Å². The number of nitrogens with one attached hydrogen (secondary N) is 1. The summed E-state index contributed by atoms with van der Waals surface area (Å²) in [6.07, 6.45) is 1.06. The summed E-state index contributed by atoms with van der Waals surface area (Å²) in [5.41, 5.74) is 5.28. The first-order chi connectivity index (χ1) is 9.69. The third-order valence-corrected chi connectivity index (χ3v) is 4.05. The molecule has 0 radical (unpaired) electrons. The average molecular weight is 267 g/mol. The highest BCUT2D eigenvalue weighted by atomic mass is 16.5. The Labute approximate surface area is 120 Å². The molecule has 1 unspecified atom stereocenters. The van der Waals surface area contributed by atoms with E-state index < -0.39 is 0 Å². The number of ether oxygens (including phenoxy) is 1. The summed E-state index contributed by atoms with van der Waals surface area (Å²) in [4.78, 5) is 0. The molecule has 1 atom stereocenters. The molecule has 2 nitrogen and oxygen atoms in total. The molecule has 0 fully saturated rings. The van der Waals surface area contributed by atoms with Crippen molar-refractivity contribution < 1.29 is 4.74 Å². The minimum atomic E-state index is 0.371. The molecule has 1 heterocycles. The van der Waals surface area contributed by atoms with Gasteiger partial charge in [0, 0.05) is 5.69 Å². The Morgan fingerprint density at radius 1 is 1.15 bits per heavy atom. The van der Waals surface area contributed by atoms with Crippen LogP contribution in [0.15, 0.2) is 42.5 Å². The lowest BCUT2D eigenvalue weighted by molar-refractivity contribution is 0.407. The molecular formula is C18H21NO. The van der Waals surface area contributed by atoms with E-state index in [0.29, 0.717) is 12.0 Å². The molecule has 2 heteroatoms. The van der Waals surface area contributed by atoms with E-state index in [4.69, 9.17) is 4.74 Å². The van der Waals surface area contributed by atoms with Crippen LogP contribution in [0.2, 0.25) is 0 Å². The summed E-state index contributed by atoms with van der Waals surface area (Å²) in [6, 6.07) is 15.5. The predicted octanol–water partition coefficient (Wildman–Crippen LogP) is 4.53. The van der Waals surface area contributed by atoms with Gasteiger partial charge in [0.2, 0.25) is 0 Å². The van der Waals surface area contributed by atoms with Crippen molar-refractivity contribution in [1.29, 1.82) is 0 Å². The van der Waals surface area contributed by atoms with Gasteiger partial charge < -0.3 is 10.1 Å². The maximum absolute atomic E-state index is 5.47. The van der Waals surface area contributed by atoms with E-state index in [9.17, 15) is 0 Å². The smallest absolute Gasteiger partial charge is 0.122 e. The first kappa shape index (κ1) is 13.0. The molecule has 0 spiro atoms. The van der Waals surface area contributed by atoms with E-state index in [1.54, 1.807) is 7.11 Å². The van der Waals surface area contributed by atoms with Gasteiger partial charge in [-0.2, -0.15) is 0 Å². The molecule has 20 heavy (non-hydrogen) atoms. The van der Waals surface area contributed by atoms with E-state index in [0.717, 1.165) is 12.2 Å². The third-order valence-electron chi connectivity index (χ3n) is 4.05. The van der Waals surface area contributed by atoms with Gasteiger partial charge in [0.1, 0.15) is 5.75 Å². The maximum Gasteiger partial charge on any atom is 0.122 e. The van der Waals surface area contributed by atoms with Gasteiger partial charge in [0.05, 0.1) is 13.2 Å². The number of para-hydroxylation sites is 1. The molecule has 0 aliphatic carbocycles. The van der Waals surface area contributed by atoms with E-state index >= 15 is 0 Å². The highest BCUT2D eigenvalue weighted by Gasteiger charge is 2.22. The lowest BCUT2D eigenvalue weighted by Crippen LogP contribution is -2.07. The van der Waals surface area contributed by atoms with Crippen molar-refractivity contribution in [1.82, 2.24) is 0 Å². The molecule has 2 aromatic rings. The molecule has 0 bridgehead atoms. The van der Waals surface area contributed by atoms with Crippen molar-refractivity contribution in [3.05, 3.63) is 59.2 Å². The zero-order valence-corrected chi connectivity index (χ0v) is 12.3. The Kier molecular flexibility index (Phi) is 3.39. The third kappa shape index (κ3) is 2.26. The van der Waals surface area contributed by atoms with E-state index in [-0.39, 0.29) is 0 Å². The summed E-state index contributed by atoms with van der Waals surface area (Å²) >= 11 is 0. The monoisotopic (exact) mass is 267 g/mol. The normalized spacial score (nSPS) is 16.9. The van der Waals surface area contributed by atoms with Crippen LogP contribution in [0.5, 0.6) is 5.75 Å². The number of anilines is 1. The van der Waals surface area contributed by atoms with Gasteiger partial charge in [0.25, 0.3) is 0 Å². The molecule has 0 saturated heterocycles. The number of hydrogen-bond donors (Lipinski definition) is 1. The number of hydrogen-bond acceptors (Lipinski definition) is 2. The van der Waals surface area contributed by atoms with Gasteiger partial charge in [-0.05, 0) is 47.2 Å². The zero-order valence-electron chi connectivity index (χ0n) is 12.3. The van der Waals surface area contributed by atoms with Gasteiger partial charge >= 0.3 is 0 Å². The van der Waals surface area contributed by atoms with Crippen LogP contribution in [0.1, 0.15) is 42.5 Å². The minimum absolute atomic E-state index is 0.371. The molecule has 0 aromatic heterocycles. The second-order valence-corrected chi connectivity index (χ2v) is 5.71. The fourth-order valence-electron chi connectivity index (χ4n) is 2.92. The molecule has 0 saturated carbocycles. The summed E-state index contributed by atoms with van der Waals surface area (Å²) in [6.45, 7) is 4.41. The Morgan fingerprint density at radius 2 is 1.95 bits per heavy atom. The van der Waals surface area contributed by atoms with Gasteiger partial charge in [-0.1, -0.05) is 38.1 Å². The second kappa shape index (κ2) is 5.20. The van der Waals surface area contributed by atoms with Crippen molar-refractivity contribution in [2.75, 3.05) is 12.4 Å². The van der Waals surface area contributed by atoms with Gasteiger partial charge in [0.15, 0.2) is 0 Å². The second-order valence-electron chi connectivity index (χ2n) is 5.71. The largest absolute Gasteiger partial charge is 0.496 e. The molecule has 1 aliphatic heterocycles. The van der Waals surface area contributed by atoms with Crippen molar-refractivity contribution in [3.63, 3.8) is 0 Å². The molecule has 1 N–H and O–H groups in total. The summed E-state index contributed by atoms with van der Waals surface area (Å²) in [5.74, 6) is 1.45. The highest BCUT2D eigenvalue weighted by molar-refractivity contribution is 5.58. The van der Waals surface area contributed by atoms with Crippen LogP contribution in [0, 0.1) is 0 Å². The Balaban J connectivity index is 1.91. The lowest BCUT2D eigenvalue weighted by atomic mass is 9.95. The fourth-order valence-corrected chi connectivity index (χ4v) is 2.92. The SMILES string of the molecule is COc1ccc(C2Cc3ccccc3N2)cc1C(C)C. The van der Waals surface area contributed by atoms with E-state index in [2.05, 4.69) is 61.6 Å². The van der Waals surface area contributed by atoms with Crippen LogP contribution in [0.4, 0.5) is 5.69 Å². The molecule has 0 amide bonds. The standard InChI is InChI=1S/C18H21NO/c1-12(2)15-10-14(8-9-18(15)20-3)17-11-13-6-4-5-7-16(13)19-17/h4-10,12,17,19H,11H2,1-3H3. The van der Waals surface area contributed by atoms with Crippen LogP contribution in [-0.4, -0.2) is 7.11 Å². The van der Waals surface area contributed by atoms with Crippen LogP contribution >= 0.6 is 0 Å². The summed E-state index contributed by atoms with van der Waals surface area (Å²) in [7, 11) is 1.74. The summed E-state index contributed by atoms with van der Waals surface area (Å²) < 4.78 is 5.47. The van der Waals surface area contributed by atoms with Crippen LogP contribution in [-0.2, 0) is 6.42 Å². The van der Waals surface area contributed by atoms with Gasteiger partial charge in [-0.25, -0.2) is 0 Å². The first-order valence-electron chi connectivity index (χ1n) is 7.21. The summed E-state index contributed by atoms with van der Waals surface area (Å²) in [5, 5.41) is 3.61. The molecule has 1 aliphatic rings. The maximum atomic E-state index is 5.47. The lowest BCUT2D eigenvalue weighted by Gasteiger charge is -2.17. The fraction of sp³-hybridized carbons (Fsp3) is 0.333. The number of benzene rings is 2. The molecule has 104 valence electrons. The molecule has 2 aromatic carbocycles. The molecular weight excluding hydrogens is 246 g/mol. The minimum Gasteiger partial charge on any atom is -0.496 e. The van der Waals surface area contributed by atoms with E-state index in [1.165, 1.54) is 22.4 Å². The highest BCUT2D eigenvalue weighted by Crippen LogP contribution is 2.36. The van der Waals surface area contributed by atoms with Crippen molar-refractivity contribution >= 4 is 5.69 Å². The predicted molar refractivity (Wildman–Crippen MR) is 83.6 cm³/mol. The Hall–Kier alpha value is -1.96. The number of rotatable bonds is 3. The van der Waals surface area contributed by atoms with Crippen molar-refractivity contribution in [3.8, 4) is 5.75 Å². The Bertz CT molecular complexity index is 594. The zero-order chi connectivity index (χ0) is 14.1. The van der Waals surface area contributed by atoms with Gasteiger partial charge in [-0.3, -0.25) is 0 Å². The Morgan fingerprint density at radius 3 is 2.65 bits per heavy atom.